The molecule has 1 atom stereocenters. The Balaban J connectivity index is 1.57. The Kier molecular flexibility index (Phi) is 6.20. The molecule has 3 aromatic rings. The van der Waals surface area contributed by atoms with Crippen molar-refractivity contribution in [1.29, 1.82) is 0 Å². The number of halogens is 1. The van der Waals surface area contributed by atoms with Crippen molar-refractivity contribution in [1.82, 2.24) is 15.5 Å². The number of esters is 1. The van der Waals surface area contributed by atoms with E-state index in [0.29, 0.717) is 10.8 Å². The molecule has 0 aliphatic carbocycles. The first kappa shape index (κ1) is 19.1. The number of nitrogens with one attached hydrogen (secondary N) is 1. The summed E-state index contributed by atoms with van der Waals surface area (Å²) in [6.07, 6.45) is 0.0122. The number of benzene rings is 1. The molecule has 2 heterocycles. The quantitative estimate of drug-likeness (QED) is 0.601. The van der Waals surface area contributed by atoms with Crippen LogP contribution in [0.3, 0.4) is 0 Å². The van der Waals surface area contributed by atoms with Crippen molar-refractivity contribution >= 4 is 34.8 Å². The predicted molar refractivity (Wildman–Crippen MR) is 100 cm³/mol. The van der Waals surface area contributed by atoms with Crippen molar-refractivity contribution in [2.75, 3.05) is 0 Å². The summed E-state index contributed by atoms with van der Waals surface area (Å²) in [5.41, 5.74) is 0.740. The van der Waals surface area contributed by atoms with Gasteiger partial charge in [-0.2, -0.15) is 4.98 Å². The minimum Gasteiger partial charge on any atom is -0.455 e. The van der Waals surface area contributed by atoms with Gasteiger partial charge in [0.15, 0.2) is 6.61 Å². The summed E-state index contributed by atoms with van der Waals surface area (Å²) >= 11 is 7.31. The molecule has 0 bridgehead atoms. The predicted octanol–water partition coefficient (Wildman–Crippen LogP) is 3.76. The molecule has 2 aromatic heterocycles. The highest BCUT2D eigenvalue weighted by atomic mass is 35.5. The monoisotopic (exact) mass is 405 g/mol. The first-order valence-corrected chi connectivity index (χ1v) is 9.31. The molecular formula is C18H16ClN3O4S. The Labute approximate surface area is 164 Å². The Morgan fingerprint density at radius 1 is 1.30 bits per heavy atom. The van der Waals surface area contributed by atoms with Crippen LogP contribution < -0.4 is 5.32 Å². The standard InChI is InChI=1S/C18H16ClN3O4S/c1-11(23)20-14(15-3-2-8-27-15)9-17(24)25-10-16-21-18(22-26-16)12-4-6-13(19)7-5-12/h2-8,14H,9-10H2,1H3,(H,20,23). The molecule has 1 amide bonds. The molecule has 0 spiro atoms. The smallest absolute Gasteiger partial charge is 0.308 e. The van der Waals surface area contributed by atoms with E-state index < -0.39 is 12.0 Å². The maximum absolute atomic E-state index is 12.1. The highest BCUT2D eigenvalue weighted by molar-refractivity contribution is 7.10. The zero-order valence-electron chi connectivity index (χ0n) is 14.3. The average Bonchev–Trinajstić information content (AvgIpc) is 3.32. The second-order valence-electron chi connectivity index (χ2n) is 5.65. The molecule has 1 N–H and O–H groups in total. The van der Waals surface area contributed by atoms with Gasteiger partial charge >= 0.3 is 5.97 Å². The number of rotatable bonds is 7. The van der Waals surface area contributed by atoms with Crippen molar-refractivity contribution in [3.63, 3.8) is 0 Å². The van der Waals surface area contributed by atoms with Crippen molar-refractivity contribution in [2.24, 2.45) is 0 Å². The third-order valence-corrected chi connectivity index (χ3v) is 4.80. The van der Waals surface area contributed by atoms with Gasteiger partial charge in [-0.1, -0.05) is 22.8 Å². The molecule has 0 saturated carbocycles. The summed E-state index contributed by atoms with van der Waals surface area (Å²) < 4.78 is 10.3. The van der Waals surface area contributed by atoms with Gasteiger partial charge < -0.3 is 14.6 Å². The number of ether oxygens (including phenoxy) is 1. The number of aromatic nitrogens is 2. The Morgan fingerprint density at radius 2 is 2.07 bits per heavy atom. The largest absolute Gasteiger partial charge is 0.455 e. The third kappa shape index (κ3) is 5.38. The topological polar surface area (TPSA) is 94.3 Å². The molecule has 0 saturated heterocycles. The molecule has 0 radical (unpaired) electrons. The van der Waals surface area contributed by atoms with Gasteiger partial charge in [-0.05, 0) is 35.7 Å². The molecule has 3 rings (SSSR count). The lowest BCUT2D eigenvalue weighted by molar-refractivity contribution is -0.146. The van der Waals surface area contributed by atoms with E-state index in [1.165, 1.54) is 18.3 Å². The van der Waals surface area contributed by atoms with Crippen LogP contribution in [0.1, 0.15) is 30.2 Å². The van der Waals surface area contributed by atoms with Crippen LogP contribution in [0.25, 0.3) is 11.4 Å². The molecule has 140 valence electrons. The van der Waals surface area contributed by atoms with Gasteiger partial charge in [0.2, 0.25) is 11.7 Å². The van der Waals surface area contributed by atoms with Crippen molar-refractivity contribution in [2.45, 2.75) is 26.0 Å². The number of thiophene rings is 1. The third-order valence-electron chi connectivity index (χ3n) is 3.56. The van der Waals surface area contributed by atoms with E-state index >= 15 is 0 Å². The number of carbonyl (C=O) groups is 2. The van der Waals surface area contributed by atoms with Gasteiger partial charge in [-0.3, -0.25) is 9.59 Å². The van der Waals surface area contributed by atoms with E-state index in [1.54, 1.807) is 24.3 Å². The summed E-state index contributed by atoms with van der Waals surface area (Å²) in [7, 11) is 0. The van der Waals surface area contributed by atoms with E-state index in [4.69, 9.17) is 20.9 Å². The van der Waals surface area contributed by atoms with Crippen molar-refractivity contribution in [3.8, 4) is 11.4 Å². The van der Waals surface area contributed by atoms with Crippen molar-refractivity contribution < 1.29 is 18.8 Å². The van der Waals surface area contributed by atoms with E-state index in [9.17, 15) is 9.59 Å². The molecule has 7 nitrogen and oxygen atoms in total. The van der Waals surface area contributed by atoms with Gasteiger partial charge in [0.1, 0.15) is 0 Å². The van der Waals surface area contributed by atoms with Gasteiger partial charge in [0, 0.05) is 22.4 Å². The zero-order chi connectivity index (χ0) is 19.2. The van der Waals surface area contributed by atoms with Crippen LogP contribution in [0, 0.1) is 0 Å². The SMILES string of the molecule is CC(=O)NC(CC(=O)OCc1nc(-c2ccc(Cl)cc2)no1)c1cccs1. The molecular weight excluding hydrogens is 390 g/mol. The lowest BCUT2D eigenvalue weighted by Gasteiger charge is -2.15. The maximum atomic E-state index is 12.1. The van der Waals surface area contributed by atoms with Crippen LogP contribution in [0.5, 0.6) is 0 Å². The van der Waals surface area contributed by atoms with Crippen LogP contribution in [0.15, 0.2) is 46.3 Å². The molecule has 1 unspecified atom stereocenters. The van der Waals surface area contributed by atoms with Crippen LogP contribution in [-0.2, 0) is 20.9 Å². The van der Waals surface area contributed by atoms with E-state index in [1.807, 2.05) is 17.5 Å². The Bertz CT molecular complexity index is 909. The summed E-state index contributed by atoms with van der Waals surface area (Å²) in [5, 5.41) is 9.10. The minimum atomic E-state index is -0.478. The lowest BCUT2D eigenvalue weighted by Crippen LogP contribution is -2.28. The number of hydrogen-bond donors (Lipinski definition) is 1. The molecule has 27 heavy (non-hydrogen) atoms. The number of amides is 1. The maximum Gasteiger partial charge on any atom is 0.308 e. The van der Waals surface area contributed by atoms with Crippen molar-refractivity contribution in [3.05, 3.63) is 57.6 Å². The zero-order valence-corrected chi connectivity index (χ0v) is 15.9. The average molecular weight is 406 g/mol. The van der Waals surface area contributed by atoms with Gasteiger partial charge in [-0.15, -0.1) is 11.3 Å². The van der Waals surface area contributed by atoms with Crippen LogP contribution in [0.4, 0.5) is 0 Å². The van der Waals surface area contributed by atoms with Crippen LogP contribution >= 0.6 is 22.9 Å². The summed E-state index contributed by atoms with van der Waals surface area (Å²) in [6.45, 7) is 1.26. The van der Waals surface area contributed by atoms with E-state index in [0.717, 1.165) is 10.4 Å². The first-order valence-electron chi connectivity index (χ1n) is 8.06. The summed E-state index contributed by atoms with van der Waals surface area (Å²) in [4.78, 5) is 28.6. The highest BCUT2D eigenvalue weighted by Crippen LogP contribution is 2.23. The fraction of sp³-hybridized carbons (Fsp3) is 0.222. The second-order valence-corrected chi connectivity index (χ2v) is 7.07. The van der Waals surface area contributed by atoms with E-state index in [-0.39, 0.29) is 24.8 Å². The molecule has 1 aromatic carbocycles. The minimum absolute atomic E-state index is 0.0122. The first-order chi connectivity index (χ1) is 13.0. The summed E-state index contributed by atoms with van der Waals surface area (Å²) in [5.74, 6) is -0.132. The van der Waals surface area contributed by atoms with E-state index in [2.05, 4.69) is 15.5 Å². The van der Waals surface area contributed by atoms with Crippen LogP contribution in [-0.4, -0.2) is 22.0 Å². The molecule has 0 aliphatic heterocycles. The fourth-order valence-corrected chi connectivity index (χ4v) is 3.26. The highest BCUT2D eigenvalue weighted by Gasteiger charge is 2.20. The number of hydrogen-bond acceptors (Lipinski definition) is 7. The lowest BCUT2D eigenvalue weighted by atomic mass is 10.1. The Morgan fingerprint density at radius 3 is 2.74 bits per heavy atom. The number of nitrogens with zero attached hydrogens (tertiary/aromatic N) is 2. The molecule has 9 heteroatoms. The molecule has 0 fully saturated rings. The van der Waals surface area contributed by atoms with Gasteiger partial charge in [-0.25, -0.2) is 0 Å². The second kappa shape index (κ2) is 8.79. The normalized spacial score (nSPS) is 11.8. The number of carbonyl (C=O) groups excluding carboxylic acids is 2. The van der Waals surface area contributed by atoms with Gasteiger partial charge in [0.05, 0.1) is 12.5 Å². The molecule has 0 aliphatic rings. The Hall–Kier alpha value is -2.71. The summed E-state index contributed by atoms with van der Waals surface area (Å²) in [6, 6.07) is 10.3. The fourth-order valence-electron chi connectivity index (χ4n) is 2.36. The van der Waals surface area contributed by atoms with Crippen LogP contribution in [0.2, 0.25) is 5.02 Å². The van der Waals surface area contributed by atoms with Gasteiger partial charge in [0.25, 0.3) is 5.89 Å².